The third kappa shape index (κ3) is 2.29. The fourth-order valence-electron chi connectivity index (χ4n) is 1.37. The molecule has 0 aliphatic heterocycles. The standard InChI is InChI=1S/C11H17NO/c1-3-11(12,13-4-2)10-8-6-5-7-9-10/h5-9H,3-4,12H2,1-2H3. The molecule has 0 amide bonds. The van der Waals surface area contributed by atoms with Crippen molar-refractivity contribution in [2.24, 2.45) is 5.73 Å². The van der Waals surface area contributed by atoms with Crippen molar-refractivity contribution in [3.05, 3.63) is 35.9 Å². The minimum Gasteiger partial charge on any atom is -0.357 e. The van der Waals surface area contributed by atoms with Crippen LogP contribution in [0.1, 0.15) is 25.8 Å². The highest BCUT2D eigenvalue weighted by Gasteiger charge is 2.24. The molecule has 0 aromatic heterocycles. The second-order valence-electron chi connectivity index (χ2n) is 3.04. The first-order valence-electron chi connectivity index (χ1n) is 4.71. The zero-order chi connectivity index (χ0) is 9.73. The van der Waals surface area contributed by atoms with E-state index < -0.39 is 5.72 Å². The Hall–Kier alpha value is -0.860. The second kappa shape index (κ2) is 4.40. The molecule has 0 aliphatic carbocycles. The van der Waals surface area contributed by atoms with Crippen molar-refractivity contribution in [2.75, 3.05) is 6.61 Å². The average Bonchev–Trinajstić information content (AvgIpc) is 2.19. The van der Waals surface area contributed by atoms with Gasteiger partial charge in [0.1, 0.15) is 5.72 Å². The van der Waals surface area contributed by atoms with Crippen LogP contribution in [0.25, 0.3) is 0 Å². The third-order valence-electron chi connectivity index (χ3n) is 2.19. The van der Waals surface area contributed by atoms with Crippen molar-refractivity contribution < 1.29 is 4.74 Å². The van der Waals surface area contributed by atoms with Crippen LogP contribution < -0.4 is 5.73 Å². The van der Waals surface area contributed by atoms with Crippen LogP contribution in [-0.4, -0.2) is 6.61 Å². The molecule has 0 saturated heterocycles. The minimum atomic E-state index is -0.615. The van der Waals surface area contributed by atoms with Crippen molar-refractivity contribution in [3.63, 3.8) is 0 Å². The Kier molecular flexibility index (Phi) is 3.46. The van der Waals surface area contributed by atoms with E-state index in [-0.39, 0.29) is 0 Å². The van der Waals surface area contributed by atoms with E-state index in [1.54, 1.807) is 0 Å². The van der Waals surface area contributed by atoms with Crippen LogP contribution in [0.2, 0.25) is 0 Å². The quantitative estimate of drug-likeness (QED) is 0.719. The van der Waals surface area contributed by atoms with E-state index in [0.29, 0.717) is 6.61 Å². The first kappa shape index (κ1) is 10.2. The molecule has 1 aromatic rings. The van der Waals surface area contributed by atoms with Gasteiger partial charge in [-0.05, 0) is 18.9 Å². The van der Waals surface area contributed by atoms with E-state index in [4.69, 9.17) is 10.5 Å². The van der Waals surface area contributed by atoms with Crippen LogP contribution in [0.15, 0.2) is 30.3 Å². The summed E-state index contributed by atoms with van der Waals surface area (Å²) in [6, 6.07) is 9.93. The van der Waals surface area contributed by atoms with Crippen LogP contribution in [0.4, 0.5) is 0 Å². The van der Waals surface area contributed by atoms with Gasteiger partial charge >= 0.3 is 0 Å². The molecule has 0 bridgehead atoms. The summed E-state index contributed by atoms with van der Waals surface area (Å²) < 4.78 is 5.54. The van der Waals surface area contributed by atoms with Gasteiger partial charge in [-0.2, -0.15) is 0 Å². The van der Waals surface area contributed by atoms with Gasteiger partial charge in [0.05, 0.1) is 0 Å². The number of hydrogen-bond acceptors (Lipinski definition) is 2. The summed E-state index contributed by atoms with van der Waals surface area (Å²) in [6.07, 6.45) is 0.783. The number of rotatable bonds is 4. The summed E-state index contributed by atoms with van der Waals surface area (Å²) in [6.45, 7) is 4.63. The molecule has 1 rings (SSSR count). The lowest BCUT2D eigenvalue weighted by molar-refractivity contribution is -0.0427. The number of hydrogen-bond donors (Lipinski definition) is 1. The number of benzene rings is 1. The van der Waals surface area contributed by atoms with Gasteiger partial charge in [0.15, 0.2) is 0 Å². The molecule has 0 spiro atoms. The van der Waals surface area contributed by atoms with E-state index in [2.05, 4.69) is 0 Å². The Morgan fingerprint density at radius 3 is 2.31 bits per heavy atom. The van der Waals surface area contributed by atoms with E-state index in [1.807, 2.05) is 44.2 Å². The summed E-state index contributed by atoms with van der Waals surface area (Å²) >= 11 is 0. The largest absolute Gasteiger partial charge is 0.357 e. The molecule has 72 valence electrons. The Bertz CT molecular complexity index is 248. The Balaban J connectivity index is 2.89. The van der Waals surface area contributed by atoms with Crippen LogP contribution in [0, 0.1) is 0 Å². The maximum absolute atomic E-state index is 6.11. The monoisotopic (exact) mass is 179 g/mol. The topological polar surface area (TPSA) is 35.2 Å². The van der Waals surface area contributed by atoms with Crippen molar-refractivity contribution in [3.8, 4) is 0 Å². The maximum Gasteiger partial charge on any atom is 0.142 e. The van der Waals surface area contributed by atoms with Gasteiger partial charge in [0.2, 0.25) is 0 Å². The maximum atomic E-state index is 6.11. The Labute approximate surface area is 79.7 Å². The predicted octanol–water partition coefficient (Wildman–Crippen LogP) is 2.24. The highest BCUT2D eigenvalue weighted by Crippen LogP contribution is 2.22. The fourth-order valence-corrected chi connectivity index (χ4v) is 1.37. The van der Waals surface area contributed by atoms with Crippen LogP contribution in [-0.2, 0) is 10.5 Å². The van der Waals surface area contributed by atoms with E-state index in [9.17, 15) is 0 Å². The van der Waals surface area contributed by atoms with E-state index >= 15 is 0 Å². The van der Waals surface area contributed by atoms with Crippen molar-refractivity contribution in [1.29, 1.82) is 0 Å². The molecule has 1 aromatic carbocycles. The minimum absolute atomic E-state index is 0.615. The van der Waals surface area contributed by atoms with Crippen LogP contribution in [0.5, 0.6) is 0 Å². The van der Waals surface area contributed by atoms with Crippen LogP contribution >= 0.6 is 0 Å². The molecule has 0 heterocycles. The molecule has 0 saturated carbocycles. The van der Waals surface area contributed by atoms with Gasteiger partial charge in [0.25, 0.3) is 0 Å². The summed E-state index contributed by atoms with van der Waals surface area (Å²) in [5.74, 6) is 0. The highest BCUT2D eigenvalue weighted by molar-refractivity contribution is 5.21. The molecule has 13 heavy (non-hydrogen) atoms. The van der Waals surface area contributed by atoms with Gasteiger partial charge in [-0.3, -0.25) is 5.73 Å². The van der Waals surface area contributed by atoms with E-state index in [0.717, 1.165) is 12.0 Å². The van der Waals surface area contributed by atoms with Gasteiger partial charge in [-0.25, -0.2) is 0 Å². The number of nitrogens with two attached hydrogens (primary N) is 1. The summed E-state index contributed by atoms with van der Waals surface area (Å²) in [7, 11) is 0. The lowest BCUT2D eigenvalue weighted by Gasteiger charge is -2.28. The van der Waals surface area contributed by atoms with Crippen molar-refractivity contribution in [1.82, 2.24) is 0 Å². The normalized spacial score (nSPS) is 15.3. The second-order valence-corrected chi connectivity index (χ2v) is 3.04. The molecular formula is C11H17NO. The number of ether oxygens (including phenoxy) is 1. The molecule has 2 nitrogen and oxygen atoms in total. The molecule has 0 aliphatic rings. The molecular weight excluding hydrogens is 162 g/mol. The predicted molar refractivity (Wildman–Crippen MR) is 54.2 cm³/mol. The highest BCUT2D eigenvalue weighted by atomic mass is 16.5. The molecule has 1 atom stereocenters. The molecule has 2 heteroatoms. The summed E-state index contributed by atoms with van der Waals surface area (Å²) in [5.41, 5.74) is 6.53. The molecule has 0 radical (unpaired) electrons. The van der Waals surface area contributed by atoms with Gasteiger partial charge in [-0.1, -0.05) is 37.3 Å². The zero-order valence-electron chi connectivity index (χ0n) is 8.29. The van der Waals surface area contributed by atoms with Gasteiger partial charge in [-0.15, -0.1) is 0 Å². The summed E-state index contributed by atoms with van der Waals surface area (Å²) in [4.78, 5) is 0. The van der Waals surface area contributed by atoms with Crippen molar-refractivity contribution >= 4 is 0 Å². The average molecular weight is 179 g/mol. The van der Waals surface area contributed by atoms with Crippen LogP contribution in [0.3, 0.4) is 0 Å². The van der Waals surface area contributed by atoms with E-state index in [1.165, 1.54) is 0 Å². The third-order valence-corrected chi connectivity index (χ3v) is 2.19. The fraction of sp³-hybridized carbons (Fsp3) is 0.455. The van der Waals surface area contributed by atoms with Gasteiger partial charge in [0, 0.05) is 6.61 Å². The molecule has 2 N–H and O–H groups in total. The smallest absolute Gasteiger partial charge is 0.142 e. The lowest BCUT2D eigenvalue weighted by atomic mass is 10.0. The Morgan fingerprint density at radius 2 is 1.85 bits per heavy atom. The van der Waals surface area contributed by atoms with Gasteiger partial charge < -0.3 is 4.74 Å². The molecule has 1 unspecified atom stereocenters. The lowest BCUT2D eigenvalue weighted by Crippen LogP contribution is -2.38. The summed E-state index contributed by atoms with van der Waals surface area (Å²) in [5, 5.41) is 0. The zero-order valence-corrected chi connectivity index (χ0v) is 8.29. The Morgan fingerprint density at radius 1 is 1.23 bits per heavy atom. The SMILES string of the molecule is CCOC(N)(CC)c1ccccc1. The first-order valence-corrected chi connectivity index (χ1v) is 4.71. The molecule has 0 fully saturated rings. The van der Waals surface area contributed by atoms with Crippen molar-refractivity contribution in [2.45, 2.75) is 26.0 Å². The first-order chi connectivity index (χ1) is 6.23.